The van der Waals surface area contributed by atoms with Gasteiger partial charge in [-0.25, -0.2) is 4.79 Å². The van der Waals surface area contributed by atoms with Crippen LogP contribution in [0, 0.1) is 0 Å². The van der Waals surface area contributed by atoms with Crippen molar-refractivity contribution in [3.05, 3.63) is 59.1 Å². The van der Waals surface area contributed by atoms with Gasteiger partial charge in [0.1, 0.15) is 11.8 Å². The summed E-state index contributed by atoms with van der Waals surface area (Å²) in [6.07, 6.45) is 0. The third-order valence-electron chi connectivity index (χ3n) is 3.52. The zero-order valence-electron chi connectivity index (χ0n) is 14.8. The average molecular weight is 391 g/mol. The number of rotatable bonds is 7. The van der Waals surface area contributed by atoms with Crippen LogP contribution in [0.3, 0.4) is 0 Å². The molecule has 0 aromatic heterocycles. The lowest BCUT2D eigenvalue weighted by Gasteiger charge is -2.14. The van der Waals surface area contributed by atoms with Gasteiger partial charge in [-0.3, -0.25) is 9.59 Å². The van der Waals surface area contributed by atoms with Crippen molar-refractivity contribution in [1.29, 1.82) is 0 Å². The van der Waals surface area contributed by atoms with Gasteiger partial charge in [-0.15, -0.1) is 0 Å². The van der Waals surface area contributed by atoms with Gasteiger partial charge in [0, 0.05) is 10.6 Å². The van der Waals surface area contributed by atoms with Gasteiger partial charge in [-0.1, -0.05) is 29.8 Å². The van der Waals surface area contributed by atoms with E-state index in [-0.39, 0.29) is 0 Å². The summed E-state index contributed by atoms with van der Waals surface area (Å²) in [5, 5.41) is 5.48. The summed E-state index contributed by atoms with van der Waals surface area (Å²) in [6.45, 7) is 0.959. The van der Waals surface area contributed by atoms with E-state index < -0.39 is 30.4 Å². The number of benzene rings is 2. The summed E-state index contributed by atoms with van der Waals surface area (Å²) in [5.41, 5.74) is 0.777. The van der Waals surface area contributed by atoms with E-state index in [1.165, 1.54) is 20.1 Å². The molecule has 0 saturated carbocycles. The maximum Gasteiger partial charge on any atom is 0.328 e. The number of esters is 1. The molecule has 0 unspecified atom stereocenters. The monoisotopic (exact) mass is 390 g/mol. The summed E-state index contributed by atoms with van der Waals surface area (Å²) in [7, 11) is 1.45. The highest BCUT2D eigenvalue weighted by Crippen LogP contribution is 2.27. The molecule has 142 valence electrons. The Morgan fingerprint density at radius 2 is 1.81 bits per heavy atom. The zero-order chi connectivity index (χ0) is 19.8. The molecule has 2 aromatic rings. The summed E-state index contributed by atoms with van der Waals surface area (Å²) < 4.78 is 10.1. The Bertz CT molecular complexity index is 826. The highest BCUT2D eigenvalue weighted by molar-refractivity contribution is 6.31. The minimum absolute atomic E-state index is 0.358. The lowest BCUT2D eigenvalue weighted by atomic mass is 10.2. The smallest absolute Gasteiger partial charge is 0.328 e. The van der Waals surface area contributed by atoms with Crippen molar-refractivity contribution < 1.29 is 23.9 Å². The Morgan fingerprint density at radius 3 is 2.48 bits per heavy atom. The molecule has 0 bridgehead atoms. The van der Waals surface area contributed by atoms with E-state index in [9.17, 15) is 14.4 Å². The maximum atomic E-state index is 12.0. The number of carbonyl (C=O) groups is 3. The van der Waals surface area contributed by atoms with E-state index in [4.69, 9.17) is 21.1 Å². The molecular weight excluding hydrogens is 372 g/mol. The second-order valence-corrected chi connectivity index (χ2v) is 6.00. The lowest BCUT2D eigenvalue weighted by Crippen LogP contribution is -2.40. The van der Waals surface area contributed by atoms with E-state index >= 15 is 0 Å². The Labute approximate surface area is 161 Å². The van der Waals surface area contributed by atoms with Crippen LogP contribution in [0.5, 0.6) is 5.75 Å². The Balaban J connectivity index is 1.85. The molecule has 0 spiro atoms. The van der Waals surface area contributed by atoms with Crippen molar-refractivity contribution in [1.82, 2.24) is 5.32 Å². The summed E-state index contributed by atoms with van der Waals surface area (Å²) in [4.78, 5) is 36.0. The van der Waals surface area contributed by atoms with E-state index in [1.807, 2.05) is 0 Å². The van der Waals surface area contributed by atoms with Crippen LogP contribution in [0.1, 0.15) is 17.3 Å². The van der Waals surface area contributed by atoms with Gasteiger partial charge >= 0.3 is 5.97 Å². The van der Waals surface area contributed by atoms with Gasteiger partial charge < -0.3 is 20.1 Å². The quantitative estimate of drug-likeness (QED) is 0.709. The van der Waals surface area contributed by atoms with Crippen LogP contribution in [0.2, 0.25) is 5.02 Å². The number of hydrogen-bond donors (Lipinski definition) is 2. The number of carbonyl (C=O) groups excluding carboxylic acids is 3. The summed E-state index contributed by atoms with van der Waals surface area (Å²) >= 11 is 5.89. The third kappa shape index (κ3) is 6.00. The highest BCUT2D eigenvalue weighted by Gasteiger charge is 2.19. The number of halogens is 1. The first-order valence-corrected chi connectivity index (χ1v) is 8.44. The van der Waals surface area contributed by atoms with Crippen LogP contribution < -0.4 is 15.4 Å². The zero-order valence-corrected chi connectivity index (χ0v) is 15.6. The molecular formula is C19H19ClN2O5. The maximum absolute atomic E-state index is 12.0. The predicted octanol–water partition coefficient (Wildman–Crippen LogP) is 2.65. The van der Waals surface area contributed by atoms with Crippen LogP contribution in [-0.2, 0) is 14.3 Å². The molecule has 2 N–H and O–H groups in total. The molecule has 27 heavy (non-hydrogen) atoms. The van der Waals surface area contributed by atoms with E-state index in [2.05, 4.69) is 10.6 Å². The molecule has 0 aliphatic rings. The van der Waals surface area contributed by atoms with E-state index in [0.717, 1.165) is 0 Å². The largest absolute Gasteiger partial charge is 0.495 e. The SMILES string of the molecule is COc1ccc(Cl)cc1NC(=O)COC(=O)[C@@H](C)NC(=O)c1ccccc1. The average Bonchev–Trinajstić information content (AvgIpc) is 2.66. The van der Waals surface area contributed by atoms with Crippen molar-refractivity contribution in [2.24, 2.45) is 0 Å². The first-order valence-electron chi connectivity index (χ1n) is 8.06. The third-order valence-corrected chi connectivity index (χ3v) is 3.75. The summed E-state index contributed by atoms with van der Waals surface area (Å²) in [6, 6.07) is 12.3. The molecule has 0 aliphatic carbocycles. The Morgan fingerprint density at radius 1 is 1.11 bits per heavy atom. The van der Waals surface area contributed by atoms with Crippen LogP contribution in [0.25, 0.3) is 0 Å². The van der Waals surface area contributed by atoms with Crippen molar-refractivity contribution in [3.63, 3.8) is 0 Å². The second kappa shape index (κ2) is 9.59. The van der Waals surface area contributed by atoms with Gasteiger partial charge in [0.05, 0.1) is 12.8 Å². The predicted molar refractivity (Wildman–Crippen MR) is 101 cm³/mol. The number of hydrogen-bond acceptors (Lipinski definition) is 5. The Hall–Kier alpha value is -3.06. The van der Waals surface area contributed by atoms with Gasteiger partial charge in [0.2, 0.25) is 0 Å². The van der Waals surface area contributed by atoms with E-state index in [0.29, 0.717) is 22.0 Å². The van der Waals surface area contributed by atoms with Crippen molar-refractivity contribution >= 4 is 35.1 Å². The van der Waals surface area contributed by atoms with Crippen LogP contribution in [0.4, 0.5) is 5.69 Å². The summed E-state index contributed by atoms with van der Waals surface area (Å²) in [5.74, 6) is -1.28. The fourth-order valence-corrected chi connectivity index (χ4v) is 2.33. The lowest BCUT2D eigenvalue weighted by molar-refractivity contribution is -0.148. The van der Waals surface area contributed by atoms with Gasteiger partial charge in [-0.2, -0.15) is 0 Å². The Kier molecular flexibility index (Phi) is 7.19. The molecule has 0 saturated heterocycles. The van der Waals surface area contributed by atoms with Crippen LogP contribution in [0.15, 0.2) is 48.5 Å². The minimum Gasteiger partial charge on any atom is -0.495 e. The number of amides is 2. The number of ether oxygens (including phenoxy) is 2. The second-order valence-electron chi connectivity index (χ2n) is 5.56. The molecule has 0 fully saturated rings. The van der Waals surface area contributed by atoms with Crippen LogP contribution in [-0.4, -0.2) is 37.5 Å². The topological polar surface area (TPSA) is 93.7 Å². The standard InChI is InChI=1S/C19H19ClN2O5/c1-12(21-18(24)13-6-4-3-5-7-13)19(25)27-11-17(23)22-15-10-14(20)8-9-16(15)26-2/h3-10,12H,11H2,1-2H3,(H,21,24)(H,22,23)/t12-/m1/s1. The molecule has 7 nitrogen and oxygen atoms in total. The molecule has 8 heteroatoms. The molecule has 0 radical (unpaired) electrons. The minimum atomic E-state index is -0.911. The fourth-order valence-electron chi connectivity index (χ4n) is 2.15. The van der Waals surface area contributed by atoms with Crippen molar-refractivity contribution in [2.45, 2.75) is 13.0 Å². The normalized spacial score (nSPS) is 11.2. The molecule has 2 aromatic carbocycles. The molecule has 1 atom stereocenters. The first kappa shape index (κ1) is 20.3. The molecule has 0 heterocycles. The van der Waals surface area contributed by atoms with E-state index in [1.54, 1.807) is 42.5 Å². The van der Waals surface area contributed by atoms with Crippen LogP contribution >= 0.6 is 11.6 Å². The van der Waals surface area contributed by atoms with Crippen molar-refractivity contribution in [2.75, 3.05) is 19.0 Å². The highest BCUT2D eigenvalue weighted by atomic mass is 35.5. The molecule has 0 aliphatic heterocycles. The van der Waals surface area contributed by atoms with Gasteiger partial charge in [0.15, 0.2) is 6.61 Å². The number of anilines is 1. The molecule has 2 rings (SSSR count). The number of methoxy groups -OCH3 is 1. The van der Waals surface area contributed by atoms with Gasteiger partial charge in [0.25, 0.3) is 11.8 Å². The van der Waals surface area contributed by atoms with Gasteiger partial charge in [-0.05, 0) is 37.3 Å². The van der Waals surface area contributed by atoms with Crippen molar-refractivity contribution in [3.8, 4) is 5.75 Å². The fraction of sp³-hybridized carbons (Fsp3) is 0.211. The number of nitrogens with one attached hydrogen (secondary N) is 2. The molecule has 2 amide bonds. The first-order chi connectivity index (χ1) is 12.9.